The SMILES string of the molecule is Cn1cc(C(C)(O)CNC(=NCc2ccccc2)NCCc2ccco2)cn1.I. The summed E-state index contributed by atoms with van der Waals surface area (Å²) in [6, 6.07) is 13.9. The number of rotatable bonds is 8. The maximum Gasteiger partial charge on any atom is 0.191 e. The van der Waals surface area contributed by atoms with Gasteiger partial charge in [0.15, 0.2) is 5.96 Å². The second-order valence-electron chi connectivity index (χ2n) is 6.94. The highest BCUT2D eigenvalue weighted by Crippen LogP contribution is 2.18. The van der Waals surface area contributed by atoms with E-state index in [9.17, 15) is 5.11 Å². The minimum atomic E-state index is -1.07. The van der Waals surface area contributed by atoms with Crippen LogP contribution in [0, 0.1) is 0 Å². The van der Waals surface area contributed by atoms with Crippen LogP contribution in [0.4, 0.5) is 0 Å². The predicted molar refractivity (Wildman–Crippen MR) is 124 cm³/mol. The number of aromatic nitrogens is 2. The van der Waals surface area contributed by atoms with Gasteiger partial charge in [0.05, 0.1) is 25.5 Å². The largest absolute Gasteiger partial charge is 0.469 e. The van der Waals surface area contributed by atoms with Gasteiger partial charge in [-0.15, -0.1) is 24.0 Å². The van der Waals surface area contributed by atoms with Gasteiger partial charge >= 0.3 is 0 Å². The highest BCUT2D eigenvalue weighted by molar-refractivity contribution is 14.0. The van der Waals surface area contributed by atoms with Gasteiger partial charge in [0.25, 0.3) is 0 Å². The molecular formula is C21H28IN5O2. The average Bonchev–Trinajstić information content (AvgIpc) is 3.36. The van der Waals surface area contributed by atoms with Gasteiger partial charge in [-0.1, -0.05) is 30.3 Å². The lowest BCUT2D eigenvalue weighted by atomic mass is 10.00. The van der Waals surface area contributed by atoms with Crippen LogP contribution in [0.15, 0.2) is 70.5 Å². The maximum atomic E-state index is 10.8. The van der Waals surface area contributed by atoms with Crippen LogP contribution in [-0.4, -0.2) is 33.9 Å². The van der Waals surface area contributed by atoms with E-state index in [-0.39, 0.29) is 24.0 Å². The van der Waals surface area contributed by atoms with Gasteiger partial charge in [-0.05, 0) is 24.6 Å². The fraction of sp³-hybridized carbons (Fsp3) is 0.333. The van der Waals surface area contributed by atoms with Gasteiger partial charge in [-0.3, -0.25) is 4.68 Å². The Bertz CT molecular complexity index is 876. The van der Waals surface area contributed by atoms with Crippen molar-refractivity contribution < 1.29 is 9.52 Å². The van der Waals surface area contributed by atoms with E-state index in [0.717, 1.165) is 23.3 Å². The van der Waals surface area contributed by atoms with E-state index in [1.54, 1.807) is 24.1 Å². The molecule has 0 aliphatic heterocycles. The Hall–Kier alpha value is -2.33. The molecule has 3 aromatic rings. The number of nitrogens with one attached hydrogen (secondary N) is 2. The van der Waals surface area contributed by atoms with E-state index in [1.165, 1.54) is 0 Å². The molecule has 29 heavy (non-hydrogen) atoms. The quantitative estimate of drug-likeness (QED) is 0.247. The van der Waals surface area contributed by atoms with Gasteiger partial charge in [-0.2, -0.15) is 5.10 Å². The fourth-order valence-electron chi connectivity index (χ4n) is 2.74. The Kier molecular flexibility index (Phi) is 8.71. The summed E-state index contributed by atoms with van der Waals surface area (Å²) >= 11 is 0. The number of hydrogen-bond donors (Lipinski definition) is 3. The fourth-order valence-corrected chi connectivity index (χ4v) is 2.74. The van der Waals surface area contributed by atoms with Crippen LogP contribution in [0.1, 0.15) is 23.8 Å². The van der Waals surface area contributed by atoms with Crippen molar-refractivity contribution in [3.63, 3.8) is 0 Å². The molecule has 1 atom stereocenters. The lowest BCUT2D eigenvalue weighted by Gasteiger charge is -2.24. The number of nitrogens with zero attached hydrogens (tertiary/aromatic N) is 3. The summed E-state index contributed by atoms with van der Waals surface area (Å²) in [5.41, 5.74) is 0.805. The molecule has 156 valence electrons. The molecule has 1 aromatic carbocycles. The first-order valence-corrected chi connectivity index (χ1v) is 9.33. The Labute approximate surface area is 188 Å². The van der Waals surface area contributed by atoms with Crippen LogP contribution >= 0.6 is 24.0 Å². The zero-order chi connectivity index (χ0) is 19.8. The van der Waals surface area contributed by atoms with E-state index < -0.39 is 5.60 Å². The van der Waals surface area contributed by atoms with Crippen LogP contribution in [0.5, 0.6) is 0 Å². The summed E-state index contributed by atoms with van der Waals surface area (Å²) < 4.78 is 7.05. The normalized spacial score (nSPS) is 13.4. The molecule has 2 aromatic heterocycles. The molecule has 0 fully saturated rings. The lowest BCUT2D eigenvalue weighted by molar-refractivity contribution is 0.0616. The van der Waals surface area contributed by atoms with Crippen LogP contribution in [0.25, 0.3) is 0 Å². The Morgan fingerprint density at radius 3 is 2.66 bits per heavy atom. The van der Waals surface area contributed by atoms with Crippen LogP contribution in [0.3, 0.4) is 0 Å². The summed E-state index contributed by atoms with van der Waals surface area (Å²) in [6.07, 6.45) is 5.90. The van der Waals surface area contributed by atoms with E-state index in [2.05, 4.69) is 20.7 Å². The molecule has 3 N–H and O–H groups in total. The van der Waals surface area contributed by atoms with E-state index in [1.807, 2.05) is 55.7 Å². The van der Waals surface area contributed by atoms with Gasteiger partial charge < -0.3 is 20.2 Å². The van der Waals surface area contributed by atoms with E-state index in [0.29, 0.717) is 25.6 Å². The van der Waals surface area contributed by atoms with E-state index in [4.69, 9.17) is 4.42 Å². The molecule has 1 unspecified atom stereocenters. The van der Waals surface area contributed by atoms with Gasteiger partial charge in [-0.25, -0.2) is 4.99 Å². The number of benzene rings is 1. The third-order valence-electron chi connectivity index (χ3n) is 4.43. The molecule has 7 nitrogen and oxygen atoms in total. The van der Waals surface area contributed by atoms with Crippen molar-refractivity contribution in [2.24, 2.45) is 12.0 Å². The molecule has 2 heterocycles. The minimum absolute atomic E-state index is 0. The van der Waals surface area contributed by atoms with Crippen molar-refractivity contribution in [2.45, 2.75) is 25.5 Å². The zero-order valence-corrected chi connectivity index (χ0v) is 19.0. The average molecular weight is 509 g/mol. The number of guanidine groups is 1. The zero-order valence-electron chi connectivity index (χ0n) is 16.7. The second-order valence-corrected chi connectivity index (χ2v) is 6.94. The van der Waals surface area contributed by atoms with Crippen molar-refractivity contribution in [1.82, 2.24) is 20.4 Å². The number of aliphatic imine (C=N–C) groups is 1. The topological polar surface area (TPSA) is 87.6 Å². The standard InChI is InChI=1S/C21H27N5O2.HI/c1-21(27,18-14-25-26(2)15-18)16-24-20(22-11-10-19-9-6-12-28-19)23-13-17-7-4-3-5-8-17;/h3-9,12,14-15,27H,10-11,13,16H2,1-2H3,(H2,22,23,24);1H. The Balaban J connectivity index is 0.00000300. The molecule has 0 aliphatic carbocycles. The molecule has 0 aliphatic rings. The third kappa shape index (κ3) is 7.21. The molecule has 0 spiro atoms. The number of aryl methyl sites for hydroxylation is 1. The van der Waals surface area contributed by atoms with Crippen molar-refractivity contribution in [1.29, 1.82) is 0 Å². The number of aliphatic hydroxyl groups is 1. The van der Waals surface area contributed by atoms with Crippen molar-refractivity contribution in [3.05, 3.63) is 78.0 Å². The monoisotopic (exact) mass is 509 g/mol. The minimum Gasteiger partial charge on any atom is -0.469 e. The van der Waals surface area contributed by atoms with Crippen LogP contribution in [-0.2, 0) is 25.6 Å². The smallest absolute Gasteiger partial charge is 0.191 e. The number of furan rings is 1. The van der Waals surface area contributed by atoms with Crippen LogP contribution in [0.2, 0.25) is 0 Å². The summed E-state index contributed by atoms with van der Waals surface area (Å²) in [6.45, 7) is 3.28. The first kappa shape index (κ1) is 23.0. The molecular weight excluding hydrogens is 481 g/mol. The molecule has 0 amide bonds. The van der Waals surface area contributed by atoms with E-state index >= 15 is 0 Å². The number of halogens is 1. The Morgan fingerprint density at radius 1 is 1.21 bits per heavy atom. The second kappa shape index (κ2) is 11.0. The highest BCUT2D eigenvalue weighted by Gasteiger charge is 2.25. The maximum absolute atomic E-state index is 10.8. The molecule has 0 bridgehead atoms. The molecule has 3 rings (SSSR count). The highest BCUT2D eigenvalue weighted by atomic mass is 127. The van der Waals surface area contributed by atoms with Crippen molar-refractivity contribution >= 4 is 29.9 Å². The molecule has 0 radical (unpaired) electrons. The van der Waals surface area contributed by atoms with Gasteiger partial charge in [0.2, 0.25) is 0 Å². The third-order valence-corrected chi connectivity index (χ3v) is 4.43. The number of hydrogen-bond acceptors (Lipinski definition) is 4. The molecule has 0 saturated heterocycles. The molecule has 0 saturated carbocycles. The van der Waals surface area contributed by atoms with Crippen LogP contribution < -0.4 is 10.6 Å². The lowest BCUT2D eigenvalue weighted by Crippen LogP contribution is -2.45. The first-order valence-electron chi connectivity index (χ1n) is 9.33. The molecule has 8 heteroatoms. The predicted octanol–water partition coefficient (Wildman–Crippen LogP) is 2.82. The van der Waals surface area contributed by atoms with Gasteiger partial charge in [0.1, 0.15) is 11.4 Å². The Morgan fingerprint density at radius 2 is 2.00 bits per heavy atom. The summed E-state index contributed by atoms with van der Waals surface area (Å²) in [7, 11) is 1.83. The summed E-state index contributed by atoms with van der Waals surface area (Å²) in [5.74, 6) is 1.55. The summed E-state index contributed by atoms with van der Waals surface area (Å²) in [4.78, 5) is 4.65. The van der Waals surface area contributed by atoms with Gasteiger partial charge in [0, 0.05) is 31.8 Å². The van der Waals surface area contributed by atoms with Crippen molar-refractivity contribution in [2.75, 3.05) is 13.1 Å². The first-order chi connectivity index (χ1) is 13.5. The van der Waals surface area contributed by atoms with Crippen molar-refractivity contribution in [3.8, 4) is 0 Å². The summed E-state index contributed by atoms with van der Waals surface area (Å²) in [5, 5.41) is 21.5.